The van der Waals surface area contributed by atoms with Crippen molar-refractivity contribution in [3.63, 3.8) is 0 Å². The van der Waals surface area contributed by atoms with Crippen molar-refractivity contribution in [2.24, 2.45) is 5.10 Å². The third kappa shape index (κ3) is 3.47. The van der Waals surface area contributed by atoms with Crippen molar-refractivity contribution in [2.75, 3.05) is 6.79 Å². The summed E-state index contributed by atoms with van der Waals surface area (Å²) in [5, 5.41) is 17.6. The summed E-state index contributed by atoms with van der Waals surface area (Å²) in [6.07, 6.45) is 0.634. The molecule has 1 atom stereocenters. The van der Waals surface area contributed by atoms with E-state index in [9.17, 15) is 10.1 Å². The lowest BCUT2D eigenvalue weighted by Crippen LogP contribution is -2.31. The predicted octanol–water partition coefficient (Wildman–Crippen LogP) is 4.92. The Bertz CT molecular complexity index is 1090. The molecule has 2 aliphatic rings. The first kappa shape index (κ1) is 20.1. The molecule has 4 rings (SSSR count). The van der Waals surface area contributed by atoms with Crippen LogP contribution in [0.4, 0.5) is 5.69 Å². The van der Waals surface area contributed by atoms with Crippen LogP contribution < -0.4 is 9.47 Å². The first-order valence-electron chi connectivity index (χ1n) is 8.72. The number of thiocarbonyl (C=S) groups is 1. The second kappa shape index (κ2) is 7.55. The van der Waals surface area contributed by atoms with Crippen LogP contribution in [0.25, 0.3) is 0 Å². The number of hydrogen-bond donors (Lipinski definition) is 0. The second-order valence-electron chi connectivity index (χ2n) is 6.79. The normalized spacial score (nSPS) is 17.4. The number of benzene rings is 2. The summed E-state index contributed by atoms with van der Waals surface area (Å²) >= 11 is 14.9. The second-order valence-corrected chi connectivity index (χ2v) is 8.55. The number of ether oxygens (including phenoxy) is 2. The van der Waals surface area contributed by atoms with Gasteiger partial charge in [-0.25, -0.2) is 5.01 Å². The zero-order chi connectivity index (χ0) is 20.9. The minimum Gasteiger partial charge on any atom is -0.454 e. The molecule has 0 aromatic heterocycles. The predicted molar refractivity (Wildman–Crippen MR) is 117 cm³/mol. The maximum Gasteiger partial charge on any atom is 0.273 e. The van der Waals surface area contributed by atoms with Gasteiger partial charge in [0.25, 0.3) is 5.69 Å². The Morgan fingerprint density at radius 3 is 2.69 bits per heavy atom. The van der Waals surface area contributed by atoms with Crippen molar-refractivity contribution < 1.29 is 14.4 Å². The number of fused-ring (bicyclic) bond motifs is 2. The molecule has 7 nitrogen and oxygen atoms in total. The monoisotopic (exact) mass is 495 g/mol. The molecule has 2 aromatic rings. The lowest BCUT2D eigenvalue weighted by Gasteiger charge is -2.22. The van der Waals surface area contributed by atoms with Gasteiger partial charge >= 0.3 is 0 Å². The third-order valence-corrected chi connectivity index (χ3v) is 6.37. The molecule has 0 spiro atoms. The average molecular weight is 497 g/mol. The number of halogens is 2. The Hall–Kier alpha value is -2.23. The largest absolute Gasteiger partial charge is 0.454 e. The summed E-state index contributed by atoms with van der Waals surface area (Å²) in [6, 6.07) is 6.88. The van der Waals surface area contributed by atoms with Gasteiger partial charge in [-0.3, -0.25) is 10.1 Å². The van der Waals surface area contributed by atoms with Crippen molar-refractivity contribution in [1.29, 1.82) is 0 Å². The van der Waals surface area contributed by atoms with Gasteiger partial charge < -0.3 is 9.47 Å². The van der Waals surface area contributed by atoms with E-state index in [1.54, 1.807) is 18.0 Å². The highest BCUT2D eigenvalue weighted by molar-refractivity contribution is 9.10. The molecular formula is C19H15BrClN3O4S. The third-order valence-electron chi connectivity index (χ3n) is 4.98. The molecule has 0 radical (unpaired) electrons. The van der Waals surface area contributed by atoms with Crippen LogP contribution in [0.2, 0.25) is 0 Å². The minimum atomic E-state index is -0.410. The van der Waals surface area contributed by atoms with Crippen LogP contribution >= 0.6 is 39.7 Å². The highest BCUT2D eigenvalue weighted by Crippen LogP contribution is 2.39. The molecule has 1 unspecified atom stereocenters. The van der Waals surface area contributed by atoms with E-state index in [1.165, 1.54) is 6.07 Å². The molecule has 2 aromatic carbocycles. The molecule has 2 aliphatic heterocycles. The summed E-state index contributed by atoms with van der Waals surface area (Å²) in [7, 11) is 0. The van der Waals surface area contributed by atoms with Crippen LogP contribution in [-0.2, 0) is 6.42 Å². The molecule has 0 fully saturated rings. The molecule has 0 saturated carbocycles. The quantitative estimate of drug-likeness (QED) is 0.193. The van der Waals surface area contributed by atoms with Crippen molar-refractivity contribution in [2.45, 2.75) is 26.3 Å². The molecule has 150 valence electrons. The average Bonchev–Trinajstić information content (AvgIpc) is 3.05. The van der Waals surface area contributed by atoms with Crippen molar-refractivity contribution in [3.05, 3.63) is 61.1 Å². The van der Waals surface area contributed by atoms with Gasteiger partial charge in [-0.1, -0.05) is 11.6 Å². The van der Waals surface area contributed by atoms with Gasteiger partial charge in [-0.05, 0) is 72.2 Å². The summed E-state index contributed by atoms with van der Waals surface area (Å²) in [6.45, 7) is 3.83. The lowest BCUT2D eigenvalue weighted by atomic mass is 9.93. The van der Waals surface area contributed by atoms with Gasteiger partial charge in [-0.2, -0.15) is 5.10 Å². The van der Waals surface area contributed by atoms with E-state index in [1.807, 2.05) is 19.1 Å². The van der Waals surface area contributed by atoms with Crippen LogP contribution in [0.1, 0.15) is 29.2 Å². The minimum absolute atomic E-state index is 0.0267. The Morgan fingerprint density at radius 1 is 1.34 bits per heavy atom. The maximum absolute atomic E-state index is 11.3. The number of hydrogen-bond acceptors (Lipinski definition) is 6. The zero-order valence-corrected chi connectivity index (χ0v) is 18.6. The summed E-state index contributed by atoms with van der Waals surface area (Å²) in [5.74, 6) is 1.30. The van der Waals surface area contributed by atoms with Gasteiger partial charge in [0, 0.05) is 27.2 Å². The Kier molecular flexibility index (Phi) is 5.22. The standard InChI is InChI=1S/C19H15BrClN3O4S/c1-9-5-11-6-15-16(28-8-27-15)7-13(11)18(22-23(9)19(21)29)12-3-4-14(24(25)26)10(2)17(12)20/h3-4,6-7,9H,5,8H2,1-2H3. The van der Waals surface area contributed by atoms with E-state index in [2.05, 4.69) is 15.9 Å². The SMILES string of the molecule is Cc1c([N+](=O)[O-])ccc(C2=NN(C(=S)Cl)C(C)Cc3cc4c(cc32)OCO4)c1Br. The topological polar surface area (TPSA) is 77.2 Å². The van der Waals surface area contributed by atoms with E-state index in [-0.39, 0.29) is 23.0 Å². The number of rotatable bonds is 2. The van der Waals surface area contributed by atoms with Gasteiger partial charge in [0.15, 0.2) is 15.9 Å². The smallest absolute Gasteiger partial charge is 0.273 e. The van der Waals surface area contributed by atoms with Crippen molar-refractivity contribution >= 4 is 55.6 Å². The van der Waals surface area contributed by atoms with Crippen LogP contribution in [-0.4, -0.2) is 32.9 Å². The molecule has 0 amide bonds. The highest BCUT2D eigenvalue weighted by Gasteiger charge is 2.30. The molecule has 0 N–H and O–H groups in total. The first-order chi connectivity index (χ1) is 13.8. The van der Waals surface area contributed by atoms with Crippen molar-refractivity contribution in [3.8, 4) is 11.5 Å². The first-order valence-corrected chi connectivity index (χ1v) is 10.3. The van der Waals surface area contributed by atoms with Gasteiger partial charge in [-0.15, -0.1) is 0 Å². The van der Waals surface area contributed by atoms with Gasteiger partial charge in [0.2, 0.25) is 6.79 Å². The lowest BCUT2D eigenvalue weighted by molar-refractivity contribution is -0.385. The fraction of sp³-hybridized carbons (Fsp3) is 0.263. The summed E-state index contributed by atoms with van der Waals surface area (Å²) in [5.41, 5.74) is 3.66. The van der Waals surface area contributed by atoms with Gasteiger partial charge in [0.1, 0.15) is 0 Å². The fourth-order valence-corrected chi connectivity index (χ4v) is 4.45. The number of hydrazone groups is 1. The van der Waals surface area contributed by atoms with Crippen LogP contribution in [0.5, 0.6) is 11.5 Å². The molecule has 29 heavy (non-hydrogen) atoms. The number of nitrogens with zero attached hydrogens (tertiary/aromatic N) is 3. The molecule has 2 heterocycles. The van der Waals surface area contributed by atoms with Crippen molar-refractivity contribution in [1.82, 2.24) is 5.01 Å². The van der Waals surface area contributed by atoms with Crippen LogP contribution in [0.15, 0.2) is 33.8 Å². The number of nitro benzene ring substituents is 1. The van der Waals surface area contributed by atoms with Crippen LogP contribution in [0.3, 0.4) is 0 Å². The molecule has 10 heteroatoms. The number of nitro groups is 1. The van der Waals surface area contributed by atoms with E-state index in [0.717, 1.165) is 11.1 Å². The van der Waals surface area contributed by atoms with Crippen LogP contribution in [0, 0.1) is 17.0 Å². The van der Waals surface area contributed by atoms with E-state index in [0.29, 0.717) is 39.2 Å². The summed E-state index contributed by atoms with van der Waals surface area (Å²) in [4.78, 5) is 10.9. The maximum atomic E-state index is 11.3. The zero-order valence-electron chi connectivity index (χ0n) is 15.4. The van der Waals surface area contributed by atoms with E-state index >= 15 is 0 Å². The summed E-state index contributed by atoms with van der Waals surface area (Å²) < 4.78 is 11.8. The fourth-order valence-electron chi connectivity index (χ4n) is 3.51. The Morgan fingerprint density at radius 2 is 2.03 bits per heavy atom. The van der Waals surface area contributed by atoms with E-state index < -0.39 is 4.92 Å². The molecule has 0 aliphatic carbocycles. The highest BCUT2D eigenvalue weighted by atomic mass is 79.9. The molecule has 0 bridgehead atoms. The Balaban J connectivity index is 1.97. The Labute approximate surface area is 185 Å². The van der Waals surface area contributed by atoms with E-state index in [4.69, 9.17) is 38.4 Å². The molecular weight excluding hydrogens is 482 g/mol. The van der Waals surface area contributed by atoms with Gasteiger partial charge in [0.05, 0.1) is 16.7 Å². The molecule has 0 saturated heterocycles.